The molecule has 0 atom stereocenters. The zero-order valence-electron chi connectivity index (χ0n) is 32.7. The van der Waals surface area contributed by atoms with Crippen molar-refractivity contribution < 1.29 is 25.8 Å². The monoisotopic (exact) mass is 922 g/mol. The summed E-state index contributed by atoms with van der Waals surface area (Å²) in [4.78, 5) is 9.27. The summed E-state index contributed by atoms with van der Waals surface area (Å²) in [6, 6.07) is 59.9. The summed E-state index contributed by atoms with van der Waals surface area (Å²) in [5.41, 5.74) is 9.66. The van der Waals surface area contributed by atoms with Crippen molar-refractivity contribution >= 4 is 38.9 Å². The molecule has 8 aromatic rings. The van der Waals surface area contributed by atoms with E-state index in [1.807, 2.05) is 30.5 Å². The van der Waals surface area contributed by atoms with Crippen molar-refractivity contribution in [3.05, 3.63) is 205 Å². The van der Waals surface area contributed by atoms with Gasteiger partial charge in [-0.05, 0) is 69.6 Å². The van der Waals surface area contributed by atoms with Gasteiger partial charge in [0.2, 0.25) is 0 Å². The molecule has 0 amide bonds. The number of para-hydroxylation sites is 1. The van der Waals surface area contributed by atoms with E-state index >= 15 is 0 Å². The summed E-state index contributed by atoms with van der Waals surface area (Å²) in [6.45, 7) is 13.4. The maximum atomic E-state index is 6.57. The van der Waals surface area contributed by atoms with Gasteiger partial charge >= 0.3 is 0 Å². The van der Waals surface area contributed by atoms with Crippen LogP contribution in [0, 0.1) is 18.8 Å². The van der Waals surface area contributed by atoms with E-state index in [9.17, 15) is 0 Å². The first-order valence-electron chi connectivity index (χ1n) is 19.1. The fourth-order valence-corrected chi connectivity index (χ4v) is 7.58. The van der Waals surface area contributed by atoms with Gasteiger partial charge in [-0.1, -0.05) is 131 Å². The number of fused-ring (bicyclic) bond motifs is 3. The third-order valence-electron chi connectivity index (χ3n) is 10.8. The van der Waals surface area contributed by atoms with Crippen LogP contribution in [-0.2, 0) is 31.9 Å². The van der Waals surface area contributed by atoms with Crippen LogP contribution in [0.4, 0.5) is 11.4 Å². The molecule has 9 rings (SSSR count). The molecule has 0 saturated carbocycles. The summed E-state index contributed by atoms with van der Waals surface area (Å²) < 4.78 is 8.76. The van der Waals surface area contributed by atoms with Gasteiger partial charge in [0.1, 0.15) is 5.82 Å². The minimum absolute atomic E-state index is 0. The van der Waals surface area contributed by atoms with Crippen LogP contribution in [0.1, 0.15) is 56.9 Å². The molecule has 0 saturated heterocycles. The van der Waals surface area contributed by atoms with Crippen molar-refractivity contribution in [2.45, 2.75) is 45.4 Å². The summed E-state index contributed by atoms with van der Waals surface area (Å²) in [6.07, 6.45) is 4.07. The van der Waals surface area contributed by atoms with Crippen LogP contribution in [0.25, 0.3) is 33.3 Å². The minimum atomic E-state index is -0.214. The number of aromatic nitrogens is 2. The number of anilines is 2. The van der Waals surface area contributed by atoms with Gasteiger partial charge < -0.3 is 19.1 Å². The van der Waals surface area contributed by atoms with Crippen LogP contribution in [0.2, 0.25) is 0 Å². The van der Waals surface area contributed by atoms with Crippen molar-refractivity contribution in [3.8, 4) is 17.3 Å². The SMILES string of the molecule is CC(C)(C)c1cccc(N2[CH-]N(c3[c-]c(Oc4[c-]c5c(cc4)c4ccccc4n5-c4cc(C(C)(C)c5ccccc5)ccn4)ccc3)C=C2c2ccccc2)c1.[Pt]. The fourth-order valence-electron chi connectivity index (χ4n) is 7.58. The molecule has 57 heavy (non-hydrogen) atoms. The molecule has 6 aromatic carbocycles. The minimum Gasteiger partial charge on any atom is -0.509 e. The maximum Gasteiger partial charge on any atom is 0.135 e. The Hall–Kier alpha value is -5.90. The van der Waals surface area contributed by atoms with Gasteiger partial charge in [-0.15, -0.1) is 48.1 Å². The second-order valence-electron chi connectivity index (χ2n) is 15.9. The van der Waals surface area contributed by atoms with Crippen molar-refractivity contribution in [1.29, 1.82) is 0 Å². The number of hydrogen-bond donors (Lipinski definition) is 0. The normalized spacial score (nSPS) is 13.2. The standard InChI is InChI=1S/C51H43N4O.Pt/c1-50(2,3)38-20-14-22-41(30-38)54-35-53(34-48(54)36-16-8-6-9-17-36)40-21-15-23-42(32-40)56-43-26-27-45-44-24-12-13-25-46(44)55(47(45)33-43)49-31-39(28-29-52-49)51(4,5)37-18-10-7-11-19-37;/h6-31,34-35H,1-5H3;/q-3;. The van der Waals surface area contributed by atoms with E-state index < -0.39 is 0 Å². The van der Waals surface area contributed by atoms with Gasteiger partial charge in [0.05, 0.1) is 0 Å². The number of benzene rings is 6. The zero-order valence-corrected chi connectivity index (χ0v) is 35.0. The Morgan fingerprint density at radius 1 is 0.614 bits per heavy atom. The number of ether oxygens (including phenoxy) is 1. The topological polar surface area (TPSA) is 33.5 Å². The Bertz CT molecular complexity index is 2730. The van der Waals surface area contributed by atoms with Crippen molar-refractivity contribution in [1.82, 2.24) is 9.55 Å². The van der Waals surface area contributed by atoms with Crippen LogP contribution < -0.4 is 14.5 Å². The van der Waals surface area contributed by atoms with E-state index in [1.54, 1.807) is 0 Å². The molecule has 0 bridgehead atoms. The molecule has 5 nitrogen and oxygen atoms in total. The van der Waals surface area contributed by atoms with Crippen molar-refractivity contribution in [2.24, 2.45) is 0 Å². The van der Waals surface area contributed by atoms with Crippen LogP contribution >= 0.6 is 0 Å². The van der Waals surface area contributed by atoms with E-state index in [-0.39, 0.29) is 31.9 Å². The summed E-state index contributed by atoms with van der Waals surface area (Å²) in [5.74, 6) is 2.03. The largest absolute Gasteiger partial charge is 0.509 e. The predicted molar refractivity (Wildman–Crippen MR) is 230 cm³/mol. The molecule has 0 unspecified atom stereocenters. The number of rotatable bonds is 8. The molecule has 2 aromatic heterocycles. The number of nitrogens with zero attached hydrogens (tertiary/aromatic N) is 4. The van der Waals surface area contributed by atoms with Gasteiger partial charge in [0.25, 0.3) is 0 Å². The van der Waals surface area contributed by atoms with Gasteiger partial charge in [-0.3, -0.25) is 0 Å². The maximum absolute atomic E-state index is 6.57. The average Bonchev–Trinajstić information content (AvgIpc) is 3.82. The molecule has 0 spiro atoms. The molecule has 0 N–H and O–H groups in total. The molecular formula is C51H43N4OPt-3. The van der Waals surface area contributed by atoms with Crippen LogP contribution in [0.5, 0.6) is 11.5 Å². The van der Waals surface area contributed by atoms with Gasteiger partial charge in [0, 0.05) is 61.1 Å². The van der Waals surface area contributed by atoms with E-state index in [2.05, 4.69) is 201 Å². The first kappa shape index (κ1) is 38.0. The van der Waals surface area contributed by atoms with E-state index in [0.717, 1.165) is 50.3 Å². The first-order valence-corrected chi connectivity index (χ1v) is 19.1. The van der Waals surface area contributed by atoms with Crippen molar-refractivity contribution in [3.63, 3.8) is 0 Å². The Kier molecular flexibility index (Phi) is 10.1. The van der Waals surface area contributed by atoms with E-state index in [0.29, 0.717) is 11.5 Å². The molecule has 6 heteroatoms. The smallest absolute Gasteiger partial charge is 0.135 e. The number of pyridine rings is 1. The third kappa shape index (κ3) is 7.29. The molecule has 0 aliphatic carbocycles. The zero-order chi connectivity index (χ0) is 38.4. The molecule has 1 aliphatic rings. The second-order valence-corrected chi connectivity index (χ2v) is 15.9. The Labute approximate surface area is 350 Å². The molecule has 3 heterocycles. The summed E-state index contributed by atoms with van der Waals surface area (Å²) in [7, 11) is 0. The summed E-state index contributed by atoms with van der Waals surface area (Å²) >= 11 is 0. The Balaban J connectivity index is 0.00000455. The average molecular weight is 923 g/mol. The quantitative estimate of drug-likeness (QED) is 0.142. The van der Waals surface area contributed by atoms with Gasteiger partial charge in [-0.25, -0.2) is 4.98 Å². The predicted octanol–water partition coefficient (Wildman–Crippen LogP) is 12.6. The molecular weight excluding hydrogens is 880 g/mol. The first-order chi connectivity index (χ1) is 27.1. The van der Waals surface area contributed by atoms with Crippen LogP contribution in [-0.4, -0.2) is 9.55 Å². The number of hydrogen-bond acceptors (Lipinski definition) is 4. The second kappa shape index (κ2) is 15.2. The molecule has 286 valence electrons. The molecule has 0 radical (unpaired) electrons. The molecule has 1 aliphatic heterocycles. The van der Waals surface area contributed by atoms with Crippen molar-refractivity contribution in [2.75, 3.05) is 9.80 Å². The Morgan fingerprint density at radius 2 is 1.32 bits per heavy atom. The Morgan fingerprint density at radius 3 is 2.11 bits per heavy atom. The molecule has 0 fully saturated rings. The van der Waals surface area contributed by atoms with Crippen LogP contribution in [0.15, 0.2) is 164 Å². The van der Waals surface area contributed by atoms with Gasteiger partial charge in [0.15, 0.2) is 0 Å². The summed E-state index contributed by atoms with van der Waals surface area (Å²) in [5, 5.41) is 2.22. The third-order valence-corrected chi connectivity index (χ3v) is 10.8. The van der Waals surface area contributed by atoms with E-state index in [1.165, 1.54) is 16.7 Å². The fraction of sp³-hybridized carbons (Fsp3) is 0.137. The van der Waals surface area contributed by atoms with Gasteiger partial charge in [-0.2, -0.15) is 12.1 Å². The van der Waals surface area contributed by atoms with Crippen LogP contribution in [0.3, 0.4) is 0 Å². The van der Waals surface area contributed by atoms with E-state index in [4.69, 9.17) is 9.72 Å².